The van der Waals surface area contributed by atoms with E-state index in [-0.39, 0.29) is 65.7 Å². The maximum atomic E-state index is 11.5. The van der Waals surface area contributed by atoms with Gasteiger partial charge in [0.15, 0.2) is 5.25 Å². The first-order chi connectivity index (χ1) is 10.3. The molecule has 0 aliphatic carbocycles. The van der Waals surface area contributed by atoms with Crippen molar-refractivity contribution in [2.75, 3.05) is 6.61 Å². The molecule has 0 saturated carbocycles. The van der Waals surface area contributed by atoms with Crippen LogP contribution in [-0.4, -0.2) is 101 Å². The van der Waals surface area contributed by atoms with Crippen molar-refractivity contribution < 1.29 is 32.4 Å². The number of hydrogen-bond donors (Lipinski definition) is 2. The summed E-state index contributed by atoms with van der Waals surface area (Å²) < 4.78 is 35.5. The molecule has 0 aromatic heterocycles. The van der Waals surface area contributed by atoms with E-state index in [1.807, 2.05) is 0 Å². The minimum absolute atomic E-state index is 0. The molecular formula is C14H28Na2O7S. The van der Waals surface area contributed by atoms with E-state index < -0.39 is 33.7 Å². The number of carbonyl (C=O) groups excluding carboxylic acids is 1. The maximum absolute atomic E-state index is 11.5. The average Bonchev–Trinajstić information content (AvgIpc) is 2.41. The van der Waals surface area contributed by atoms with E-state index in [4.69, 9.17) is 14.4 Å². The summed E-state index contributed by atoms with van der Waals surface area (Å²) in [7, 11) is -4.77. The SMILES string of the molecule is CCCCCCCCCCOC(=O)C(CC(=O)O)S(=O)(=O)O.[NaH].[NaH]. The number of unbranched alkanes of at least 4 members (excludes halogenated alkanes) is 7. The number of aliphatic carboxylic acids is 1. The fourth-order valence-electron chi connectivity index (χ4n) is 1.97. The molecule has 0 fully saturated rings. The zero-order valence-corrected chi connectivity index (χ0v) is 13.8. The van der Waals surface area contributed by atoms with E-state index in [1.54, 1.807) is 0 Å². The van der Waals surface area contributed by atoms with Crippen molar-refractivity contribution in [1.29, 1.82) is 0 Å². The van der Waals surface area contributed by atoms with Gasteiger partial charge < -0.3 is 9.84 Å². The molecular weight excluding hydrogens is 358 g/mol. The molecule has 0 bridgehead atoms. The summed E-state index contributed by atoms with van der Waals surface area (Å²) in [5, 5.41) is 6.49. The second-order valence-electron chi connectivity index (χ2n) is 5.24. The van der Waals surface area contributed by atoms with Crippen LogP contribution in [-0.2, 0) is 24.4 Å². The molecule has 7 nitrogen and oxygen atoms in total. The molecule has 0 aliphatic heterocycles. The zero-order chi connectivity index (χ0) is 17.0. The van der Waals surface area contributed by atoms with Crippen molar-refractivity contribution in [3.63, 3.8) is 0 Å². The van der Waals surface area contributed by atoms with E-state index in [0.717, 1.165) is 19.3 Å². The van der Waals surface area contributed by atoms with Crippen LogP contribution in [0.5, 0.6) is 0 Å². The minimum atomic E-state index is -4.77. The van der Waals surface area contributed by atoms with Crippen LogP contribution in [0.15, 0.2) is 0 Å². The van der Waals surface area contributed by atoms with Crippen LogP contribution >= 0.6 is 0 Å². The van der Waals surface area contributed by atoms with Crippen molar-refractivity contribution in [2.24, 2.45) is 0 Å². The number of hydrogen-bond acceptors (Lipinski definition) is 5. The standard InChI is InChI=1S/C14H26O7S.2Na.2H/c1-2-3-4-5-6-7-8-9-10-21-14(17)12(11-13(15)16)22(18,19)20;;;;/h12H,2-11H2,1H3,(H,15,16)(H,18,19,20);;;;. The Kier molecular flexibility index (Phi) is 21.3. The van der Waals surface area contributed by atoms with Crippen molar-refractivity contribution in [1.82, 2.24) is 0 Å². The summed E-state index contributed by atoms with van der Waals surface area (Å²) in [4.78, 5) is 22.0. The first-order valence-corrected chi connectivity index (χ1v) is 9.14. The number of carboxylic acid groups (broad SMARTS) is 1. The van der Waals surface area contributed by atoms with Gasteiger partial charge in [0.1, 0.15) is 0 Å². The first kappa shape index (κ1) is 29.6. The van der Waals surface area contributed by atoms with Gasteiger partial charge in [0.2, 0.25) is 0 Å². The molecule has 0 rings (SSSR count). The van der Waals surface area contributed by atoms with Crippen LogP contribution in [0.3, 0.4) is 0 Å². The number of rotatable bonds is 13. The molecule has 2 N–H and O–H groups in total. The van der Waals surface area contributed by atoms with Gasteiger partial charge in [0, 0.05) is 0 Å². The zero-order valence-electron chi connectivity index (χ0n) is 13.0. The van der Waals surface area contributed by atoms with E-state index in [9.17, 15) is 18.0 Å². The van der Waals surface area contributed by atoms with Crippen LogP contribution in [0.2, 0.25) is 0 Å². The fourth-order valence-corrected chi connectivity index (χ4v) is 2.63. The normalized spacial score (nSPS) is 11.8. The van der Waals surface area contributed by atoms with Crippen LogP contribution in [0, 0.1) is 0 Å². The van der Waals surface area contributed by atoms with E-state index >= 15 is 0 Å². The predicted molar refractivity (Wildman–Crippen MR) is 95.5 cm³/mol. The third-order valence-electron chi connectivity index (χ3n) is 3.22. The number of carbonyl (C=O) groups is 2. The molecule has 0 saturated heterocycles. The van der Waals surface area contributed by atoms with Gasteiger partial charge in [-0.05, 0) is 6.42 Å². The molecule has 1 atom stereocenters. The molecule has 0 heterocycles. The van der Waals surface area contributed by atoms with Gasteiger partial charge in [-0.1, -0.05) is 51.9 Å². The fraction of sp³-hybridized carbons (Fsp3) is 0.857. The van der Waals surface area contributed by atoms with Gasteiger partial charge in [0.05, 0.1) is 13.0 Å². The summed E-state index contributed by atoms with van der Waals surface area (Å²) in [6, 6.07) is 0. The van der Waals surface area contributed by atoms with Gasteiger partial charge in [-0.3, -0.25) is 14.1 Å². The third kappa shape index (κ3) is 16.3. The summed E-state index contributed by atoms with van der Waals surface area (Å²) in [5.74, 6) is -2.71. The predicted octanol–water partition coefficient (Wildman–Crippen LogP) is 1.10. The van der Waals surface area contributed by atoms with Crippen molar-refractivity contribution in [3.05, 3.63) is 0 Å². The monoisotopic (exact) mass is 386 g/mol. The topological polar surface area (TPSA) is 118 Å². The van der Waals surface area contributed by atoms with Crippen molar-refractivity contribution in [2.45, 2.75) is 70.0 Å². The van der Waals surface area contributed by atoms with Gasteiger partial charge in [-0.2, -0.15) is 8.42 Å². The number of esters is 1. The van der Waals surface area contributed by atoms with Crippen molar-refractivity contribution >= 4 is 81.2 Å². The number of carboxylic acids is 1. The van der Waals surface area contributed by atoms with Gasteiger partial charge >= 0.3 is 71.1 Å². The summed E-state index contributed by atoms with van der Waals surface area (Å²) in [5.41, 5.74) is 0. The van der Waals surface area contributed by atoms with E-state index in [0.29, 0.717) is 6.42 Å². The Bertz CT molecular complexity index is 440. The van der Waals surface area contributed by atoms with E-state index in [1.165, 1.54) is 25.7 Å². The van der Waals surface area contributed by atoms with Gasteiger partial charge in [-0.25, -0.2) is 0 Å². The summed E-state index contributed by atoms with van der Waals surface area (Å²) in [6.45, 7) is 2.18. The molecule has 0 radical (unpaired) electrons. The Morgan fingerprint density at radius 2 is 1.42 bits per heavy atom. The Balaban J connectivity index is -0.00000220. The van der Waals surface area contributed by atoms with Crippen molar-refractivity contribution in [3.8, 4) is 0 Å². The molecule has 0 aromatic carbocycles. The molecule has 10 heteroatoms. The van der Waals surface area contributed by atoms with Crippen LogP contribution in [0.4, 0.5) is 0 Å². The van der Waals surface area contributed by atoms with Crippen LogP contribution in [0.1, 0.15) is 64.7 Å². The molecule has 0 aliphatic rings. The molecule has 1 unspecified atom stereocenters. The average molecular weight is 386 g/mol. The van der Waals surface area contributed by atoms with Crippen LogP contribution in [0.25, 0.3) is 0 Å². The molecule has 24 heavy (non-hydrogen) atoms. The molecule has 0 amide bonds. The molecule has 134 valence electrons. The third-order valence-corrected chi connectivity index (χ3v) is 4.30. The quantitative estimate of drug-likeness (QED) is 0.211. The second kappa shape index (κ2) is 17.3. The summed E-state index contributed by atoms with van der Waals surface area (Å²) in [6.07, 6.45) is 7.39. The number of ether oxygens (including phenoxy) is 1. The van der Waals surface area contributed by atoms with E-state index in [2.05, 4.69) is 6.92 Å². The van der Waals surface area contributed by atoms with Gasteiger partial charge in [-0.15, -0.1) is 0 Å². The Morgan fingerprint density at radius 3 is 1.83 bits per heavy atom. The Hall–Kier alpha value is 0.850. The summed E-state index contributed by atoms with van der Waals surface area (Å²) >= 11 is 0. The second-order valence-corrected chi connectivity index (χ2v) is 6.84. The Morgan fingerprint density at radius 1 is 0.958 bits per heavy atom. The van der Waals surface area contributed by atoms with Gasteiger partial charge in [0.25, 0.3) is 10.1 Å². The first-order valence-electron chi connectivity index (χ1n) is 7.63. The molecule has 0 aromatic rings. The molecule has 0 spiro atoms. The Labute approximate surface area is 188 Å². The van der Waals surface area contributed by atoms with Crippen LogP contribution < -0.4 is 0 Å².